The lowest BCUT2D eigenvalue weighted by atomic mass is 10.0. The van der Waals surface area contributed by atoms with Gasteiger partial charge in [0.15, 0.2) is 0 Å². The molecule has 0 spiro atoms. The van der Waals surface area contributed by atoms with Gasteiger partial charge in [-0.1, -0.05) is 24.3 Å². The van der Waals surface area contributed by atoms with Gasteiger partial charge >= 0.3 is 6.09 Å². The first kappa shape index (κ1) is 36.5. The molecule has 4 N–H and O–H groups in total. The highest BCUT2D eigenvalue weighted by Crippen LogP contribution is 2.36. The zero-order valence-electron chi connectivity index (χ0n) is 30.1. The average Bonchev–Trinajstić information content (AvgIpc) is 3.53. The van der Waals surface area contributed by atoms with E-state index in [4.69, 9.17) is 15.5 Å². The number of benzene rings is 1. The Morgan fingerprint density at radius 3 is 2.46 bits per heavy atom. The number of ether oxygens (including phenoxy) is 1. The third-order valence-corrected chi connectivity index (χ3v) is 9.21. The Bertz CT molecular complexity index is 1880. The normalized spacial score (nSPS) is 17.4. The van der Waals surface area contributed by atoms with E-state index in [9.17, 15) is 14.4 Å². The number of carbonyl (C=O) groups excluding carboxylic acids is 3. The molecule has 4 aromatic rings. The van der Waals surface area contributed by atoms with Gasteiger partial charge in [0, 0.05) is 88.2 Å². The number of aromatic nitrogens is 4. The van der Waals surface area contributed by atoms with Crippen molar-refractivity contribution in [3.63, 3.8) is 0 Å². The quantitative estimate of drug-likeness (QED) is 0.202. The van der Waals surface area contributed by atoms with Crippen LogP contribution in [0.4, 0.5) is 16.4 Å². The SMILES string of the molecule is CC(C)(C)OC(=O)NCCN1CCN(C/C=C/C(=O)N2CCCC[C@H]2c2nc(-c3ccc(C(=O)Nc4ccccn4)cc3)c3c(N)nccn23)CC1. The number of imidazole rings is 1. The van der Waals surface area contributed by atoms with Gasteiger partial charge in [-0.15, -0.1) is 0 Å². The molecular formula is C38H48N10O4. The van der Waals surface area contributed by atoms with Crippen LogP contribution in [0.2, 0.25) is 0 Å². The number of nitrogens with one attached hydrogen (secondary N) is 2. The number of piperidine rings is 1. The van der Waals surface area contributed by atoms with Crippen LogP contribution in [0.25, 0.3) is 16.8 Å². The van der Waals surface area contributed by atoms with Crippen LogP contribution in [0.3, 0.4) is 0 Å². The molecule has 1 atom stereocenters. The smallest absolute Gasteiger partial charge is 0.407 e. The molecule has 14 heteroatoms. The van der Waals surface area contributed by atoms with Crippen LogP contribution in [0.15, 0.2) is 73.2 Å². The van der Waals surface area contributed by atoms with Gasteiger partial charge in [0.25, 0.3) is 5.91 Å². The van der Waals surface area contributed by atoms with Crippen molar-refractivity contribution < 1.29 is 19.1 Å². The first-order valence-electron chi connectivity index (χ1n) is 17.9. The summed E-state index contributed by atoms with van der Waals surface area (Å²) in [4.78, 5) is 58.6. The van der Waals surface area contributed by atoms with Crippen LogP contribution in [-0.4, -0.2) is 110 Å². The van der Waals surface area contributed by atoms with E-state index in [0.717, 1.165) is 63.4 Å². The van der Waals surface area contributed by atoms with Crippen LogP contribution in [-0.2, 0) is 9.53 Å². The zero-order valence-corrected chi connectivity index (χ0v) is 30.1. The van der Waals surface area contributed by atoms with Crippen molar-refractivity contribution in [2.75, 3.05) is 63.4 Å². The number of carbonyl (C=O) groups is 3. The molecule has 274 valence electrons. The fourth-order valence-corrected chi connectivity index (χ4v) is 6.62. The minimum atomic E-state index is -0.513. The Labute approximate surface area is 304 Å². The molecule has 0 unspecified atom stereocenters. The Balaban J connectivity index is 1.08. The number of hydrogen-bond acceptors (Lipinski definition) is 10. The number of alkyl carbamates (subject to hydrolysis) is 1. The maximum Gasteiger partial charge on any atom is 0.407 e. The summed E-state index contributed by atoms with van der Waals surface area (Å²) in [5.41, 5.74) is 8.49. The van der Waals surface area contributed by atoms with Gasteiger partial charge in [0.05, 0.1) is 6.04 Å². The van der Waals surface area contributed by atoms with Crippen molar-refractivity contribution in [1.82, 2.24) is 39.4 Å². The van der Waals surface area contributed by atoms with Crippen molar-refractivity contribution in [1.29, 1.82) is 0 Å². The predicted octanol–water partition coefficient (Wildman–Crippen LogP) is 4.38. The fraction of sp³-hybridized carbons (Fsp3) is 0.421. The van der Waals surface area contributed by atoms with Crippen molar-refractivity contribution in [3.05, 3.63) is 84.6 Å². The Hall–Kier alpha value is -5.34. The molecule has 2 saturated heterocycles. The third-order valence-electron chi connectivity index (χ3n) is 9.21. The number of pyridine rings is 1. The molecule has 2 aliphatic heterocycles. The maximum absolute atomic E-state index is 13.7. The summed E-state index contributed by atoms with van der Waals surface area (Å²) in [6, 6.07) is 12.3. The summed E-state index contributed by atoms with van der Waals surface area (Å²) in [6.45, 7) is 11.7. The molecule has 1 aromatic carbocycles. The van der Waals surface area contributed by atoms with Crippen molar-refractivity contribution in [3.8, 4) is 11.3 Å². The number of amides is 3. The zero-order chi connectivity index (χ0) is 36.7. The van der Waals surface area contributed by atoms with E-state index in [1.807, 2.05) is 60.5 Å². The largest absolute Gasteiger partial charge is 0.444 e. The van der Waals surface area contributed by atoms with Gasteiger partial charge < -0.3 is 26.0 Å². The van der Waals surface area contributed by atoms with Crippen LogP contribution in [0.1, 0.15) is 62.3 Å². The Kier molecular flexibility index (Phi) is 11.5. The summed E-state index contributed by atoms with van der Waals surface area (Å²) in [5.74, 6) is 1.23. The highest BCUT2D eigenvalue weighted by molar-refractivity contribution is 6.04. The number of nitrogens with two attached hydrogens (primary N) is 1. The van der Waals surface area contributed by atoms with E-state index in [1.54, 1.807) is 42.7 Å². The van der Waals surface area contributed by atoms with E-state index in [1.165, 1.54) is 0 Å². The summed E-state index contributed by atoms with van der Waals surface area (Å²) in [7, 11) is 0. The van der Waals surface area contributed by atoms with E-state index >= 15 is 0 Å². The van der Waals surface area contributed by atoms with Crippen molar-refractivity contribution in [2.24, 2.45) is 0 Å². The second-order valence-corrected chi connectivity index (χ2v) is 14.1. The predicted molar refractivity (Wildman–Crippen MR) is 200 cm³/mol. The molecule has 14 nitrogen and oxygen atoms in total. The van der Waals surface area contributed by atoms with E-state index in [-0.39, 0.29) is 17.9 Å². The molecule has 2 aliphatic rings. The molecule has 5 heterocycles. The van der Waals surface area contributed by atoms with Gasteiger partial charge in [-0.3, -0.25) is 23.8 Å². The number of nitrogen functional groups attached to an aromatic ring is 1. The Morgan fingerprint density at radius 1 is 0.962 bits per heavy atom. The number of nitrogens with zero attached hydrogens (tertiary/aromatic N) is 7. The highest BCUT2D eigenvalue weighted by Gasteiger charge is 2.32. The second-order valence-electron chi connectivity index (χ2n) is 14.1. The standard InChI is InChI=1S/C38H48N10O4/c1-38(2,3)52-37(51)42-17-21-46-25-23-45(24-26-46)19-8-11-31(49)47-20-7-5-9-29(47)35-44-32(33-34(39)41-18-22-48(33)35)27-12-14-28(15-13-27)36(50)43-30-10-4-6-16-40-30/h4,6,8,10-16,18,22,29H,5,7,9,17,19-21,23-26H2,1-3H3,(H2,39,41)(H,42,51)(H,40,43,50)/b11-8+/t29-/m0/s1. The topological polar surface area (TPSA) is 163 Å². The number of anilines is 2. The lowest BCUT2D eigenvalue weighted by molar-refractivity contribution is -0.130. The van der Waals surface area contributed by atoms with Gasteiger partial charge in [-0.25, -0.2) is 19.7 Å². The van der Waals surface area contributed by atoms with Crippen molar-refractivity contribution >= 4 is 35.1 Å². The summed E-state index contributed by atoms with van der Waals surface area (Å²) in [5, 5.41) is 5.63. The highest BCUT2D eigenvalue weighted by atomic mass is 16.6. The summed E-state index contributed by atoms with van der Waals surface area (Å²) >= 11 is 0. The monoisotopic (exact) mass is 708 g/mol. The summed E-state index contributed by atoms with van der Waals surface area (Å²) in [6.07, 6.45) is 11.0. The molecule has 0 bridgehead atoms. The molecule has 3 amide bonds. The first-order chi connectivity index (χ1) is 25.1. The van der Waals surface area contributed by atoms with E-state index in [2.05, 4.69) is 30.4 Å². The Morgan fingerprint density at radius 2 is 1.73 bits per heavy atom. The molecule has 0 radical (unpaired) electrons. The molecule has 0 saturated carbocycles. The molecule has 6 rings (SSSR count). The number of fused-ring (bicyclic) bond motifs is 1. The molecular weight excluding hydrogens is 660 g/mol. The second kappa shape index (κ2) is 16.3. The van der Waals surface area contributed by atoms with E-state index in [0.29, 0.717) is 48.0 Å². The van der Waals surface area contributed by atoms with Gasteiger partial charge in [-0.05, 0) is 64.3 Å². The minimum Gasteiger partial charge on any atom is -0.444 e. The molecule has 2 fully saturated rings. The van der Waals surface area contributed by atoms with E-state index < -0.39 is 11.7 Å². The van der Waals surface area contributed by atoms with Gasteiger partial charge in [-0.2, -0.15) is 0 Å². The average molecular weight is 709 g/mol. The minimum absolute atomic E-state index is 0.0415. The van der Waals surface area contributed by atoms with Crippen LogP contribution < -0.4 is 16.4 Å². The number of piperazine rings is 1. The first-order valence-corrected chi connectivity index (χ1v) is 17.9. The lowest BCUT2D eigenvalue weighted by Gasteiger charge is -2.35. The molecule has 52 heavy (non-hydrogen) atoms. The fourth-order valence-electron chi connectivity index (χ4n) is 6.62. The maximum atomic E-state index is 13.7. The van der Waals surface area contributed by atoms with Crippen LogP contribution in [0, 0.1) is 0 Å². The third kappa shape index (κ3) is 9.11. The number of likely N-dealkylation sites (tertiary alicyclic amines) is 1. The van der Waals surface area contributed by atoms with Crippen LogP contribution >= 0.6 is 0 Å². The number of rotatable bonds is 10. The lowest BCUT2D eigenvalue weighted by Crippen LogP contribution is -2.48. The van der Waals surface area contributed by atoms with Crippen molar-refractivity contribution in [2.45, 2.75) is 51.7 Å². The number of hydrogen-bond donors (Lipinski definition) is 3. The molecule has 0 aliphatic carbocycles. The molecule has 3 aromatic heterocycles. The van der Waals surface area contributed by atoms with Gasteiger partial charge in [0.1, 0.15) is 34.3 Å². The van der Waals surface area contributed by atoms with Gasteiger partial charge in [0.2, 0.25) is 5.91 Å². The summed E-state index contributed by atoms with van der Waals surface area (Å²) < 4.78 is 7.26. The van der Waals surface area contributed by atoms with Crippen LogP contribution in [0.5, 0.6) is 0 Å².